The molecule has 0 aliphatic heterocycles. The predicted molar refractivity (Wildman–Crippen MR) is 103 cm³/mol. The summed E-state index contributed by atoms with van der Waals surface area (Å²) in [6.07, 6.45) is 3.64. The van der Waals surface area contributed by atoms with Gasteiger partial charge in [-0.15, -0.1) is 0 Å². The van der Waals surface area contributed by atoms with Crippen molar-refractivity contribution in [3.63, 3.8) is 0 Å². The molecule has 0 saturated carbocycles. The lowest BCUT2D eigenvalue weighted by atomic mass is 10.0. The van der Waals surface area contributed by atoms with Crippen LogP contribution in [-0.4, -0.2) is 24.7 Å². The lowest BCUT2D eigenvalue weighted by molar-refractivity contribution is 1.01. The van der Waals surface area contributed by atoms with E-state index >= 15 is 0 Å². The third-order valence-electron chi connectivity index (χ3n) is 4.46. The molecule has 0 spiro atoms. The van der Waals surface area contributed by atoms with Crippen molar-refractivity contribution in [2.45, 2.75) is 13.8 Å². The lowest BCUT2D eigenvalue weighted by Gasteiger charge is -2.13. The number of aromatic nitrogens is 5. The largest absolute Gasteiger partial charge is 0.383 e. The maximum absolute atomic E-state index is 9.68. The number of hydrogen-bond donors (Lipinski definition) is 2. The van der Waals surface area contributed by atoms with Gasteiger partial charge in [0.05, 0.1) is 17.1 Å². The van der Waals surface area contributed by atoms with Crippen LogP contribution in [0.3, 0.4) is 0 Å². The van der Waals surface area contributed by atoms with Crippen molar-refractivity contribution in [1.29, 1.82) is 5.26 Å². The summed E-state index contributed by atoms with van der Waals surface area (Å²) in [5, 5.41) is 16.9. The SMILES string of the molecule is Cc1n[nH]c(C)c1-c1cc(-c2cccn2-c2ccccn2)c(C#N)c(N)n1. The number of aromatic amines is 1. The van der Waals surface area contributed by atoms with Gasteiger partial charge in [0.25, 0.3) is 0 Å². The second kappa shape index (κ2) is 6.42. The summed E-state index contributed by atoms with van der Waals surface area (Å²) < 4.78 is 1.93. The van der Waals surface area contributed by atoms with Crippen LogP contribution in [0.4, 0.5) is 5.82 Å². The van der Waals surface area contributed by atoms with Crippen LogP contribution >= 0.6 is 0 Å². The van der Waals surface area contributed by atoms with Crippen molar-refractivity contribution in [3.8, 4) is 34.4 Å². The van der Waals surface area contributed by atoms with Gasteiger partial charge < -0.3 is 10.3 Å². The van der Waals surface area contributed by atoms with E-state index in [2.05, 4.69) is 26.2 Å². The molecular weight excluding hydrogens is 338 g/mol. The quantitative estimate of drug-likeness (QED) is 0.585. The first kappa shape index (κ1) is 16.5. The summed E-state index contributed by atoms with van der Waals surface area (Å²) in [6.45, 7) is 3.84. The van der Waals surface area contributed by atoms with Crippen molar-refractivity contribution < 1.29 is 0 Å². The van der Waals surface area contributed by atoms with Crippen LogP contribution in [0.1, 0.15) is 17.0 Å². The molecule has 7 heteroatoms. The Balaban J connectivity index is 1.97. The fourth-order valence-electron chi connectivity index (χ4n) is 3.24. The molecule has 0 amide bonds. The standard InChI is InChI=1S/C20H17N7/c1-12-19(13(2)26-25-12)16-10-14(15(11-21)20(22)24-16)17-6-5-9-27(17)18-7-3-4-8-23-18/h3-10H,1-2H3,(H2,22,24)(H,25,26). The average Bonchev–Trinajstić information content (AvgIpc) is 3.28. The van der Waals surface area contributed by atoms with E-state index in [-0.39, 0.29) is 5.82 Å². The van der Waals surface area contributed by atoms with Crippen LogP contribution in [-0.2, 0) is 0 Å². The Morgan fingerprint density at radius 1 is 1.19 bits per heavy atom. The number of aryl methyl sites for hydroxylation is 2. The Bertz CT molecular complexity index is 1140. The van der Waals surface area contributed by atoms with E-state index in [9.17, 15) is 5.26 Å². The van der Waals surface area contributed by atoms with E-state index in [1.54, 1.807) is 6.20 Å². The highest BCUT2D eigenvalue weighted by Crippen LogP contribution is 2.34. The molecular formula is C20H17N7. The van der Waals surface area contributed by atoms with Gasteiger partial charge >= 0.3 is 0 Å². The van der Waals surface area contributed by atoms with Gasteiger partial charge in [-0.2, -0.15) is 10.4 Å². The van der Waals surface area contributed by atoms with Crippen LogP contribution in [0.15, 0.2) is 48.8 Å². The molecule has 0 aliphatic carbocycles. The van der Waals surface area contributed by atoms with E-state index in [0.717, 1.165) is 28.5 Å². The minimum atomic E-state index is 0.193. The van der Waals surface area contributed by atoms with Gasteiger partial charge in [-0.25, -0.2) is 9.97 Å². The van der Waals surface area contributed by atoms with Crippen LogP contribution < -0.4 is 5.73 Å². The zero-order valence-corrected chi connectivity index (χ0v) is 14.9. The maximum atomic E-state index is 9.68. The number of rotatable bonds is 3. The van der Waals surface area contributed by atoms with Crippen molar-refractivity contribution in [1.82, 2.24) is 24.7 Å². The number of nitriles is 1. The van der Waals surface area contributed by atoms with Gasteiger partial charge in [-0.1, -0.05) is 6.07 Å². The molecule has 4 aromatic rings. The molecule has 0 bridgehead atoms. The second-order valence-electron chi connectivity index (χ2n) is 6.19. The third-order valence-corrected chi connectivity index (χ3v) is 4.46. The lowest BCUT2D eigenvalue weighted by Crippen LogP contribution is -2.03. The topological polar surface area (TPSA) is 109 Å². The van der Waals surface area contributed by atoms with Crippen LogP contribution in [0, 0.1) is 25.2 Å². The molecule has 4 aromatic heterocycles. The monoisotopic (exact) mass is 355 g/mol. The van der Waals surface area contributed by atoms with Gasteiger partial charge in [0.2, 0.25) is 0 Å². The molecule has 4 rings (SSSR count). The van der Waals surface area contributed by atoms with E-state index in [0.29, 0.717) is 16.8 Å². The molecule has 3 N–H and O–H groups in total. The molecule has 27 heavy (non-hydrogen) atoms. The molecule has 7 nitrogen and oxygen atoms in total. The number of anilines is 1. The van der Waals surface area contributed by atoms with Crippen LogP contribution in [0.2, 0.25) is 0 Å². The smallest absolute Gasteiger partial charge is 0.142 e. The Hall–Kier alpha value is -3.92. The summed E-state index contributed by atoms with van der Waals surface area (Å²) in [6, 6.07) is 13.6. The summed E-state index contributed by atoms with van der Waals surface area (Å²) in [5.74, 6) is 0.952. The van der Waals surface area contributed by atoms with Crippen LogP contribution in [0.25, 0.3) is 28.3 Å². The Morgan fingerprint density at radius 2 is 2.04 bits per heavy atom. The molecule has 0 unspecified atom stereocenters. The number of nitrogens with zero attached hydrogens (tertiary/aromatic N) is 5. The zero-order chi connectivity index (χ0) is 19.0. The number of hydrogen-bond acceptors (Lipinski definition) is 5. The molecule has 0 aromatic carbocycles. The molecule has 0 fully saturated rings. The minimum Gasteiger partial charge on any atom is -0.383 e. The van der Waals surface area contributed by atoms with Gasteiger partial charge in [-0.3, -0.25) is 5.10 Å². The van der Waals surface area contributed by atoms with E-state index < -0.39 is 0 Å². The molecule has 132 valence electrons. The Morgan fingerprint density at radius 3 is 2.70 bits per heavy atom. The zero-order valence-electron chi connectivity index (χ0n) is 14.9. The van der Waals surface area contributed by atoms with Gasteiger partial charge in [0.15, 0.2) is 0 Å². The summed E-state index contributed by atoms with van der Waals surface area (Å²) >= 11 is 0. The highest BCUT2D eigenvalue weighted by Gasteiger charge is 2.19. The van der Waals surface area contributed by atoms with Gasteiger partial charge in [0, 0.05) is 29.2 Å². The van der Waals surface area contributed by atoms with Crippen molar-refractivity contribution >= 4 is 5.82 Å². The molecule has 0 radical (unpaired) electrons. The third kappa shape index (κ3) is 2.73. The fourth-order valence-corrected chi connectivity index (χ4v) is 3.24. The fraction of sp³-hybridized carbons (Fsp3) is 0.100. The summed E-state index contributed by atoms with van der Waals surface area (Å²) in [5.41, 5.74) is 11.3. The van der Waals surface area contributed by atoms with E-state index in [4.69, 9.17) is 5.73 Å². The maximum Gasteiger partial charge on any atom is 0.142 e. The number of pyridine rings is 2. The Labute approximate surface area is 156 Å². The summed E-state index contributed by atoms with van der Waals surface area (Å²) in [4.78, 5) is 8.86. The van der Waals surface area contributed by atoms with Gasteiger partial charge in [-0.05, 0) is 44.2 Å². The van der Waals surface area contributed by atoms with Crippen LogP contribution in [0.5, 0.6) is 0 Å². The van der Waals surface area contributed by atoms with Crippen molar-refractivity contribution in [2.24, 2.45) is 0 Å². The van der Waals surface area contributed by atoms with Crippen molar-refractivity contribution in [2.75, 3.05) is 5.73 Å². The molecule has 4 heterocycles. The minimum absolute atomic E-state index is 0.193. The Kier molecular flexibility index (Phi) is 3.94. The number of nitrogens with two attached hydrogens (primary N) is 1. The average molecular weight is 355 g/mol. The molecule has 0 atom stereocenters. The van der Waals surface area contributed by atoms with E-state index in [1.165, 1.54) is 0 Å². The van der Waals surface area contributed by atoms with Crippen molar-refractivity contribution in [3.05, 3.63) is 65.7 Å². The predicted octanol–water partition coefficient (Wildman–Crippen LogP) is 3.40. The second-order valence-corrected chi connectivity index (χ2v) is 6.19. The first-order valence-electron chi connectivity index (χ1n) is 8.42. The molecule has 0 saturated heterocycles. The number of H-pyrrole nitrogens is 1. The number of nitrogens with one attached hydrogen (secondary N) is 1. The highest BCUT2D eigenvalue weighted by atomic mass is 15.1. The van der Waals surface area contributed by atoms with E-state index in [1.807, 2.05) is 61.0 Å². The number of nitrogen functional groups attached to an aromatic ring is 1. The first-order valence-corrected chi connectivity index (χ1v) is 8.42. The molecule has 0 aliphatic rings. The van der Waals surface area contributed by atoms with Gasteiger partial charge in [0.1, 0.15) is 23.3 Å². The first-order chi connectivity index (χ1) is 13.1. The summed E-state index contributed by atoms with van der Waals surface area (Å²) in [7, 11) is 0. The highest BCUT2D eigenvalue weighted by molar-refractivity contribution is 5.80. The normalized spacial score (nSPS) is 10.7.